The normalized spacial score (nSPS) is 11.7. The average molecular weight is 513 g/mol. The van der Waals surface area contributed by atoms with E-state index in [1.54, 1.807) is 6.20 Å². The highest BCUT2D eigenvalue weighted by molar-refractivity contribution is 9.10. The van der Waals surface area contributed by atoms with Gasteiger partial charge in [-0.05, 0) is 39.2 Å². The van der Waals surface area contributed by atoms with Crippen molar-refractivity contribution in [2.24, 2.45) is 5.10 Å². The van der Waals surface area contributed by atoms with Crippen molar-refractivity contribution in [3.05, 3.63) is 82.3 Å². The SMILES string of the molecule is CN(C)c1ccc(/C=N\NC(=O)[C@H](Cc2cnc[nH]2)NC(=O)OCc2ccccc2)cc1Br. The number of ether oxygens (including phenoxy) is 1. The maximum atomic E-state index is 12.7. The molecule has 10 heteroatoms. The van der Waals surface area contributed by atoms with Crippen LogP contribution in [0.5, 0.6) is 0 Å². The molecule has 1 atom stereocenters. The molecule has 33 heavy (non-hydrogen) atoms. The summed E-state index contributed by atoms with van der Waals surface area (Å²) in [4.78, 5) is 33.9. The van der Waals surface area contributed by atoms with Crippen LogP contribution >= 0.6 is 15.9 Å². The van der Waals surface area contributed by atoms with Gasteiger partial charge in [0.05, 0.1) is 18.2 Å². The van der Waals surface area contributed by atoms with Crippen LogP contribution in [0, 0.1) is 0 Å². The van der Waals surface area contributed by atoms with Crippen LogP contribution in [-0.4, -0.2) is 48.3 Å². The molecular weight excluding hydrogens is 488 g/mol. The van der Waals surface area contributed by atoms with Crippen LogP contribution in [0.1, 0.15) is 16.8 Å². The van der Waals surface area contributed by atoms with Gasteiger partial charge in [-0.15, -0.1) is 0 Å². The topological polar surface area (TPSA) is 112 Å². The minimum Gasteiger partial charge on any atom is -0.445 e. The minimum absolute atomic E-state index is 0.0983. The molecule has 0 radical (unpaired) electrons. The number of aromatic amines is 1. The van der Waals surface area contributed by atoms with Gasteiger partial charge in [-0.3, -0.25) is 4.79 Å². The lowest BCUT2D eigenvalue weighted by molar-refractivity contribution is -0.123. The lowest BCUT2D eigenvalue weighted by atomic mass is 10.1. The van der Waals surface area contributed by atoms with Crippen molar-refractivity contribution in [3.63, 3.8) is 0 Å². The molecule has 3 N–H and O–H groups in total. The van der Waals surface area contributed by atoms with Crippen molar-refractivity contribution in [1.82, 2.24) is 20.7 Å². The summed E-state index contributed by atoms with van der Waals surface area (Å²) in [6.45, 7) is 0.0983. The number of halogens is 1. The summed E-state index contributed by atoms with van der Waals surface area (Å²) in [6, 6.07) is 14.1. The number of nitrogens with zero attached hydrogens (tertiary/aromatic N) is 3. The Hall–Kier alpha value is -3.66. The molecule has 1 aromatic heterocycles. The van der Waals surface area contributed by atoms with E-state index in [9.17, 15) is 9.59 Å². The highest BCUT2D eigenvalue weighted by Gasteiger charge is 2.22. The first-order valence-corrected chi connectivity index (χ1v) is 11.0. The van der Waals surface area contributed by atoms with Gasteiger partial charge in [0.1, 0.15) is 12.6 Å². The smallest absolute Gasteiger partial charge is 0.408 e. The van der Waals surface area contributed by atoms with E-state index < -0.39 is 18.0 Å². The van der Waals surface area contributed by atoms with Gasteiger partial charge in [0, 0.05) is 36.9 Å². The number of nitrogens with one attached hydrogen (secondary N) is 3. The number of rotatable bonds is 9. The monoisotopic (exact) mass is 512 g/mol. The first-order valence-electron chi connectivity index (χ1n) is 10.2. The quantitative estimate of drug-likeness (QED) is 0.301. The fourth-order valence-corrected chi connectivity index (χ4v) is 3.70. The van der Waals surface area contributed by atoms with Crippen molar-refractivity contribution in [3.8, 4) is 0 Å². The summed E-state index contributed by atoms with van der Waals surface area (Å²) in [5.74, 6) is -0.485. The molecule has 0 fully saturated rings. The lowest BCUT2D eigenvalue weighted by Gasteiger charge is -2.16. The first kappa shape index (κ1) is 24.0. The third-order valence-corrected chi connectivity index (χ3v) is 5.28. The van der Waals surface area contributed by atoms with Crippen LogP contribution in [-0.2, 0) is 22.6 Å². The number of anilines is 1. The summed E-state index contributed by atoms with van der Waals surface area (Å²) in [5, 5.41) is 6.63. The van der Waals surface area contributed by atoms with Crippen molar-refractivity contribution in [2.75, 3.05) is 19.0 Å². The minimum atomic E-state index is -0.909. The summed E-state index contributed by atoms with van der Waals surface area (Å²) in [5.41, 5.74) is 5.83. The molecule has 3 aromatic rings. The van der Waals surface area contributed by atoms with Gasteiger partial charge < -0.3 is 19.9 Å². The second-order valence-electron chi connectivity index (χ2n) is 7.38. The molecule has 0 aliphatic carbocycles. The Kier molecular flexibility index (Phi) is 8.59. The lowest BCUT2D eigenvalue weighted by Crippen LogP contribution is -2.47. The van der Waals surface area contributed by atoms with Crippen LogP contribution < -0.4 is 15.6 Å². The molecule has 9 nitrogen and oxygen atoms in total. The molecule has 0 bridgehead atoms. The number of benzene rings is 2. The number of hydrogen-bond donors (Lipinski definition) is 3. The standard InChI is InChI=1S/C23H25BrN6O3/c1-30(2)21-9-8-17(10-19(21)24)12-27-29-22(31)20(11-18-13-25-15-26-18)28-23(32)33-14-16-6-4-3-5-7-16/h3-10,12-13,15,20H,11,14H2,1-2H3,(H,25,26)(H,28,32)(H,29,31)/b27-12-/t20-/m0/s1. The molecule has 1 heterocycles. The fourth-order valence-electron chi connectivity index (χ4n) is 2.95. The molecular formula is C23H25BrN6O3. The third-order valence-electron chi connectivity index (χ3n) is 4.64. The Morgan fingerprint density at radius 3 is 2.70 bits per heavy atom. The number of H-pyrrole nitrogens is 1. The van der Waals surface area contributed by atoms with E-state index in [1.165, 1.54) is 12.5 Å². The highest BCUT2D eigenvalue weighted by Crippen LogP contribution is 2.25. The number of carbonyl (C=O) groups is 2. The van der Waals surface area contributed by atoms with Crippen molar-refractivity contribution in [1.29, 1.82) is 0 Å². The van der Waals surface area contributed by atoms with Gasteiger partial charge in [-0.2, -0.15) is 5.10 Å². The maximum absolute atomic E-state index is 12.7. The Morgan fingerprint density at radius 2 is 2.03 bits per heavy atom. The summed E-state index contributed by atoms with van der Waals surface area (Å²) in [7, 11) is 3.90. The molecule has 0 saturated carbocycles. The molecule has 3 rings (SSSR count). The maximum Gasteiger partial charge on any atom is 0.408 e. The Morgan fingerprint density at radius 1 is 1.24 bits per heavy atom. The Bertz CT molecular complexity index is 1090. The van der Waals surface area contributed by atoms with Gasteiger partial charge >= 0.3 is 6.09 Å². The molecule has 2 aromatic carbocycles. The average Bonchev–Trinajstić information content (AvgIpc) is 3.31. The summed E-state index contributed by atoms with van der Waals surface area (Å²) >= 11 is 3.52. The van der Waals surface area contributed by atoms with Crippen molar-refractivity contribution < 1.29 is 14.3 Å². The predicted octanol–water partition coefficient (Wildman–Crippen LogP) is 3.23. The van der Waals surface area contributed by atoms with Gasteiger partial charge in [0.25, 0.3) is 5.91 Å². The van der Waals surface area contributed by atoms with Gasteiger partial charge in [-0.1, -0.05) is 36.4 Å². The van der Waals surface area contributed by atoms with Gasteiger partial charge in [0.15, 0.2) is 0 Å². The van der Waals surface area contributed by atoms with Crippen molar-refractivity contribution >= 4 is 39.8 Å². The zero-order valence-electron chi connectivity index (χ0n) is 18.3. The number of hydrogen-bond acceptors (Lipinski definition) is 6. The molecule has 0 aliphatic heterocycles. The van der Waals surface area contributed by atoms with Crippen LogP contribution in [0.2, 0.25) is 0 Å². The summed E-state index contributed by atoms with van der Waals surface area (Å²) in [6.07, 6.45) is 4.12. The fraction of sp³-hybridized carbons (Fsp3) is 0.217. The van der Waals surface area contributed by atoms with Gasteiger partial charge in [0.2, 0.25) is 0 Å². The van der Waals surface area contributed by atoms with Crippen LogP contribution in [0.25, 0.3) is 0 Å². The Balaban J connectivity index is 1.60. The summed E-state index contributed by atoms with van der Waals surface area (Å²) < 4.78 is 6.15. The zero-order valence-corrected chi connectivity index (χ0v) is 19.9. The second-order valence-corrected chi connectivity index (χ2v) is 8.23. The zero-order chi connectivity index (χ0) is 23.6. The van der Waals surface area contributed by atoms with E-state index in [2.05, 4.69) is 41.7 Å². The number of hydrazone groups is 1. The third kappa shape index (κ3) is 7.46. The van der Waals surface area contributed by atoms with E-state index >= 15 is 0 Å². The molecule has 0 unspecified atom stereocenters. The van der Waals surface area contributed by atoms with Crippen LogP contribution in [0.15, 0.2) is 70.6 Å². The molecule has 0 aliphatic rings. The number of amides is 2. The number of carbonyl (C=O) groups excluding carboxylic acids is 2. The van der Waals surface area contributed by atoms with Crippen molar-refractivity contribution in [2.45, 2.75) is 19.1 Å². The van der Waals surface area contributed by atoms with E-state index in [4.69, 9.17) is 4.74 Å². The second kappa shape index (κ2) is 11.8. The number of alkyl carbamates (subject to hydrolysis) is 1. The molecule has 0 spiro atoms. The number of imidazole rings is 1. The molecule has 172 valence electrons. The largest absolute Gasteiger partial charge is 0.445 e. The van der Waals surface area contributed by atoms with E-state index in [-0.39, 0.29) is 13.0 Å². The van der Waals surface area contributed by atoms with Gasteiger partial charge in [-0.25, -0.2) is 15.2 Å². The van der Waals surface area contributed by atoms with Crippen LogP contribution in [0.3, 0.4) is 0 Å². The van der Waals surface area contributed by atoms with Crippen LogP contribution in [0.4, 0.5) is 10.5 Å². The molecule has 2 amide bonds. The predicted molar refractivity (Wildman–Crippen MR) is 130 cm³/mol. The molecule has 0 saturated heterocycles. The van der Waals surface area contributed by atoms with E-state index in [0.29, 0.717) is 5.69 Å². The van der Waals surface area contributed by atoms with E-state index in [0.717, 1.165) is 21.3 Å². The number of aromatic nitrogens is 2. The Labute approximate surface area is 200 Å². The first-order chi connectivity index (χ1) is 15.9. The van der Waals surface area contributed by atoms with E-state index in [1.807, 2.05) is 67.5 Å². The highest BCUT2D eigenvalue weighted by atomic mass is 79.9.